The van der Waals surface area contributed by atoms with Crippen molar-refractivity contribution in [1.29, 1.82) is 0 Å². The lowest BCUT2D eigenvalue weighted by Crippen LogP contribution is -2.58. The van der Waals surface area contributed by atoms with Crippen LogP contribution in [0.5, 0.6) is 5.75 Å². The number of rotatable bonds is 6. The quantitative estimate of drug-likeness (QED) is 0.603. The lowest BCUT2D eigenvalue weighted by atomic mass is 9.91. The van der Waals surface area contributed by atoms with Gasteiger partial charge < -0.3 is 14.8 Å². The summed E-state index contributed by atoms with van der Waals surface area (Å²) in [4.78, 5) is 19.2. The minimum Gasteiger partial charge on any atom is -0.488 e. The molecule has 3 fully saturated rings. The molecule has 2 bridgehead atoms. The van der Waals surface area contributed by atoms with Crippen molar-refractivity contribution in [1.82, 2.24) is 19.5 Å². The number of anilines is 1. The molecule has 3 aromatic heterocycles. The van der Waals surface area contributed by atoms with Crippen molar-refractivity contribution in [3.05, 3.63) is 42.4 Å². The number of carbonyl (C=O) groups is 1. The summed E-state index contributed by atoms with van der Waals surface area (Å²) in [7, 11) is 0. The molecule has 3 atom stereocenters. The molecule has 1 aliphatic carbocycles. The molecule has 0 radical (unpaired) electrons. The third-order valence-corrected chi connectivity index (χ3v) is 7.27. The smallest absolute Gasteiger partial charge is 0.228 e. The average molecular weight is 462 g/mol. The van der Waals surface area contributed by atoms with E-state index in [1.807, 2.05) is 31.5 Å². The van der Waals surface area contributed by atoms with Crippen LogP contribution in [0.3, 0.4) is 0 Å². The van der Waals surface area contributed by atoms with E-state index in [4.69, 9.17) is 9.47 Å². The van der Waals surface area contributed by atoms with E-state index in [0.29, 0.717) is 17.9 Å². The molecule has 34 heavy (non-hydrogen) atoms. The number of hydrogen-bond acceptors (Lipinski definition) is 6. The van der Waals surface area contributed by atoms with Crippen LogP contribution in [0.25, 0.3) is 16.6 Å². The van der Waals surface area contributed by atoms with Gasteiger partial charge >= 0.3 is 0 Å². The number of pyridine rings is 2. The number of aromatic nitrogens is 3. The van der Waals surface area contributed by atoms with Gasteiger partial charge in [0.15, 0.2) is 5.82 Å². The fourth-order valence-electron chi connectivity index (χ4n) is 5.40. The molecule has 8 nitrogen and oxygen atoms in total. The van der Waals surface area contributed by atoms with Crippen LogP contribution in [-0.4, -0.2) is 63.4 Å². The molecule has 6 rings (SSSR count). The highest BCUT2D eigenvalue weighted by atomic mass is 16.5. The number of morpholine rings is 1. The van der Waals surface area contributed by atoms with Gasteiger partial charge in [-0.2, -0.15) is 5.10 Å². The summed E-state index contributed by atoms with van der Waals surface area (Å²) >= 11 is 0. The maximum absolute atomic E-state index is 12.1. The molecular formula is C26H31N5O3. The Bertz CT molecular complexity index is 1210. The Labute approximate surface area is 199 Å². The predicted octanol–water partition coefficient (Wildman–Crippen LogP) is 3.68. The Hall–Kier alpha value is -2.97. The van der Waals surface area contributed by atoms with E-state index in [1.54, 1.807) is 4.52 Å². The molecule has 8 heteroatoms. The fraction of sp³-hybridized carbons (Fsp3) is 0.500. The summed E-state index contributed by atoms with van der Waals surface area (Å²) in [6, 6.07) is 8.95. The molecular weight excluding hydrogens is 430 g/mol. The molecule has 0 aromatic carbocycles. The summed E-state index contributed by atoms with van der Waals surface area (Å²) in [5.41, 5.74) is 3.94. The second-order valence-electron chi connectivity index (χ2n) is 9.79. The zero-order chi connectivity index (χ0) is 23.2. The van der Waals surface area contributed by atoms with Gasteiger partial charge in [0.2, 0.25) is 5.91 Å². The maximum Gasteiger partial charge on any atom is 0.228 e. The first-order chi connectivity index (χ1) is 16.6. The van der Waals surface area contributed by atoms with Crippen LogP contribution in [0.15, 0.2) is 36.7 Å². The summed E-state index contributed by atoms with van der Waals surface area (Å²) in [6.45, 7) is 6.83. The second-order valence-corrected chi connectivity index (χ2v) is 9.79. The zero-order valence-electron chi connectivity index (χ0n) is 19.7. The maximum atomic E-state index is 12.1. The molecule has 178 valence electrons. The monoisotopic (exact) mass is 461 g/mol. The highest BCUT2D eigenvalue weighted by molar-refractivity contribution is 5.93. The van der Waals surface area contributed by atoms with Gasteiger partial charge in [-0.15, -0.1) is 0 Å². The molecule has 3 aromatic rings. The number of amides is 1. The first kappa shape index (κ1) is 21.6. The van der Waals surface area contributed by atoms with Crippen molar-refractivity contribution in [2.45, 2.75) is 57.7 Å². The van der Waals surface area contributed by atoms with E-state index >= 15 is 0 Å². The van der Waals surface area contributed by atoms with Gasteiger partial charge in [-0.1, -0.05) is 6.92 Å². The number of likely N-dealkylation sites (N-methyl/N-ethyl adjacent to an activating group) is 1. The highest BCUT2D eigenvalue weighted by Crippen LogP contribution is 2.36. The summed E-state index contributed by atoms with van der Waals surface area (Å²) in [5.74, 6) is 1.61. The van der Waals surface area contributed by atoms with Crippen LogP contribution in [0.4, 0.5) is 5.82 Å². The molecule has 3 aliphatic rings. The van der Waals surface area contributed by atoms with Gasteiger partial charge in [0.05, 0.1) is 24.9 Å². The standard InChI is InChI=1S/C26H31N5O3/c1-3-30-20-10-22(11-21(30)15-33-14-20)34-24-13-27-16(2)8-23(24)18-6-7-31-19(9-18)12-25(29-31)28-26(32)17-4-5-17/h6-9,12-13,17,20-22H,3-5,10-11,14-15H2,1-2H3,(H,28,29,32)/t20-,21+,22-. The lowest BCUT2D eigenvalue weighted by molar-refractivity contribution is -0.117. The SMILES string of the molecule is CCN1[C@@H]2COC[C@H]1C[C@@H](Oc1cnc(C)cc1-c1ccn3nc(NC(=O)C4CC4)cc3c1)C2. The molecule has 0 spiro atoms. The third-order valence-electron chi connectivity index (χ3n) is 7.27. The highest BCUT2D eigenvalue weighted by Gasteiger charge is 2.39. The minimum absolute atomic E-state index is 0.0633. The van der Waals surface area contributed by atoms with Crippen LogP contribution in [-0.2, 0) is 9.53 Å². The molecule has 2 aliphatic heterocycles. The van der Waals surface area contributed by atoms with Crippen LogP contribution in [0.2, 0.25) is 0 Å². The van der Waals surface area contributed by atoms with Gasteiger partial charge in [-0.25, -0.2) is 4.52 Å². The van der Waals surface area contributed by atoms with Gasteiger partial charge in [0.1, 0.15) is 11.9 Å². The first-order valence-electron chi connectivity index (χ1n) is 12.3. The number of nitrogens with one attached hydrogen (secondary N) is 1. The summed E-state index contributed by atoms with van der Waals surface area (Å²) < 4.78 is 14.2. The first-order valence-corrected chi connectivity index (χ1v) is 12.3. The van der Waals surface area contributed by atoms with Crippen molar-refractivity contribution < 1.29 is 14.3 Å². The molecule has 2 saturated heterocycles. The Morgan fingerprint density at radius 1 is 1.21 bits per heavy atom. The number of piperidine rings is 1. The van der Waals surface area contributed by atoms with Crippen LogP contribution in [0, 0.1) is 12.8 Å². The lowest BCUT2D eigenvalue weighted by Gasteiger charge is -2.47. The van der Waals surface area contributed by atoms with E-state index in [2.05, 4.69) is 39.4 Å². The average Bonchev–Trinajstić information content (AvgIpc) is 3.60. The number of ether oxygens (including phenoxy) is 2. The molecule has 0 unspecified atom stereocenters. The number of carbonyl (C=O) groups excluding carboxylic acids is 1. The third kappa shape index (κ3) is 4.16. The fourth-order valence-corrected chi connectivity index (χ4v) is 5.40. The van der Waals surface area contributed by atoms with E-state index in [9.17, 15) is 4.79 Å². The number of fused-ring (bicyclic) bond motifs is 3. The van der Waals surface area contributed by atoms with Crippen molar-refractivity contribution >= 4 is 17.2 Å². The topological polar surface area (TPSA) is 81.0 Å². The number of nitrogens with zero attached hydrogens (tertiary/aromatic N) is 4. The van der Waals surface area contributed by atoms with Crippen LogP contribution in [0.1, 0.15) is 38.3 Å². The zero-order valence-corrected chi connectivity index (χ0v) is 19.7. The summed E-state index contributed by atoms with van der Waals surface area (Å²) in [6.07, 6.45) is 7.79. The normalized spacial score (nSPS) is 24.8. The van der Waals surface area contributed by atoms with Crippen molar-refractivity contribution in [3.63, 3.8) is 0 Å². The van der Waals surface area contributed by atoms with Gasteiger partial charge in [-0.05, 0) is 50.1 Å². The Kier molecular flexibility index (Phi) is 5.50. The Morgan fingerprint density at radius 2 is 2.00 bits per heavy atom. The van der Waals surface area contributed by atoms with Gasteiger partial charge in [0, 0.05) is 54.4 Å². The van der Waals surface area contributed by atoms with Crippen molar-refractivity contribution in [3.8, 4) is 16.9 Å². The van der Waals surface area contributed by atoms with E-state index in [1.165, 1.54) is 0 Å². The van der Waals surface area contributed by atoms with E-state index < -0.39 is 0 Å². The van der Waals surface area contributed by atoms with Gasteiger partial charge in [-0.3, -0.25) is 14.7 Å². The largest absolute Gasteiger partial charge is 0.488 e. The van der Waals surface area contributed by atoms with Crippen molar-refractivity contribution in [2.75, 3.05) is 25.1 Å². The Morgan fingerprint density at radius 3 is 2.74 bits per heavy atom. The number of aryl methyl sites for hydroxylation is 1. The van der Waals surface area contributed by atoms with Gasteiger partial charge in [0.25, 0.3) is 0 Å². The predicted molar refractivity (Wildman–Crippen MR) is 129 cm³/mol. The van der Waals surface area contributed by atoms with E-state index in [0.717, 1.165) is 73.5 Å². The minimum atomic E-state index is 0.0633. The van der Waals surface area contributed by atoms with Crippen molar-refractivity contribution in [2.24, 2.45) is 5.92 Å². The van der Waals surface area contributed by atoms with Crippen LogP contribution < -0.4 is 10.1 Å². The summed E-state index contributed by atoms with van der Waals surface area (Å²) in [5, 5.41) is 7.44. The molecule has 1 saturated carbocycles. The second kappa shape index (κ2) is 8.67. The molecule has 5 heterocycles. The van der Waals surface area contributed by atoms with Crippen LogP contribution >= 0.6 is 0 Å². The molecule has 1 amide bonds. The number of hydrogen-bond donors (Lipinski definition) is 1. The van der Waals surface area contributed by atoms with E-state index in [-0.39, 0.29) is 17.9 Å². The molecule has 1 N–H and O–H groups in total. The Balaban J connectivity index is 1.26.